The van der Waals surface area contributed by atoms with Gasteiger partial charge in [0, 0.05) is 22.8 Å². The summed E-state index contributed by atoms with van der Waals surface area (Å²) in [6, 6.07) is 7.11. The summed E-state index contributed by atoms with van der Waals surface area (Å²) in [5, 5.41) is 0.597. The summed E-state index contributed by atoms with van der Waals surface area (Å²) >= 11 is 5.93. The first kappa shape index (κ1) is 16.4. The fourth-order valence-electron chi connectivity index (χ4n) is 1.74. The lowest BCUT2D eigenvalue weighted by Gasteiger charge is -2.30. The van der Waals surface area contributed by atoms with Crippen LogP contribution in [-0.2, 0) is 4.74 Å². The minimum absolute atomic E-state index is 0.240. The van der Waals surface area contributed by atoms with Crippen LogP contribution in [0, 0.1) is 5.41 Å². The summed E-state index contributed by atoms with van der Waals surface area (Å²) in [6.45, 7) is 6.20. The van der Waals surface area contributed by atoms with Crippen LogP contribution in [0.25, 0.3) is 0 Å². The van der Waals surface area contributed by atoms with Crippen LogP contribution in [0.4, 0.5) is 4.79 Å². The normalized spacial score (nSPS) is 12.7. The van der Waals surface area contributed by atoms with E-state index in [0.717, 1.165) is 0 Å². The molecule has 0 spiro atoms. The number of aromatic nitrogens is 2. The van der Waals surface area contributed by atoms with Crippen LogP contribution >= 0.6 is 11.6 Å². The molecule has 0 aliphatic heterocycles. The zero-order valence-electron chi connectivity index (χ0n) is 12.8. The van der Waals surface area contributed by atoms with Gasteiger partial charge in [-0.3, -0.25) is 0 Å². The predicted octanol–water partition coefficient (Wildman–Crippen LogP) is 4.01. The Morgan fingerprint density at radius 1 is 1.41 bits per heavy atom. The maximum absolute atomic E-state index is 12.1. The highest BCUT2D eigenvalue weighted by Crippen LogP contribution is 2.25. The molecule has 1 unspecified atom stereocenters. The molecule has 5 nitrogen and oxygen atoms in total. The number of carbonyl (C=O) groups is 1. The van der Waals surface area contributed by atoms with E-state index in [1.165, 1.54) is 17.1 Å². The molecule has 0 bridgehead atoms. The van der Waals surface area contributed by atoms with Gasteiger partial charge < -0.3 is 9.47 Å². The van der Waals surface area contributed by atoms with Crippen molar-refractivity contribution < 1.29 is 14.3 Å². The molecule has 22 heavy (non-hydrogen) atoms. The van der Waals surface area contributed by atoms with Gasteiger partial charge in [-0.1, -0.05) is 38.4 Å². The van der Waals surface area contributed by atoms with E-state index in [0.29, 0.717) is 10.8 Å². The molecule has 1 aromatic carbocycles. The van der Waals surface area contributed by atoms with Crippen molar-refractivity contribution in [1.29, 1.82) is 0 Å². The van der Waals surface area contributed by atoms with E-state index in [1.54, 1.807) is 24.4 Å². The van der Waals surface area contributed by atoms with Gasteiger partial charge in [0.1, 0.15) is 24.8 Å². The summed E-state index contributed by atoms with van der Waals surface area (Å²) in [5.74, 6) is 0.639. The van der Waals surface area contributed by atoms with Gasteiger partial charge in [0.05, 0.1) is 0 Å². The smallest absolute Gasteiger partial charge is 0.419 e. The lowest BCUT2D eigenvalue weighted by atomic mass is 9.89. The SMILES string of the molecule is CC(C)(C)C(COc1cccc(Cl)c1)OC(=O)n1ccnc1. The summed E-state index contributed by atoms with van der Waals surface area (Å²) in [6.07, 6.45) is 3.57. The van der Waals surface area contributed by atoms with Gasteiger partial charge in [0.2, 0.25) is 0 Å². The van der Waals surface area contributed by atoms with E-state index in [-0.39, 0.29) is 12.0 Å². The molecule has 0 saturated heterocycles. The second kappa shape index (κ2) is 6.83. The average Bonchev–Trinajstić information content (AvgIpc) is 2.96. The molecule has 1 atom stereocenters. The second-order valence-corrected chi connectivity index (χ2v) is 6.41. The fraction of sp³-hybridized carbons (Fsp3) is 0.375. The summed E-state index contributed by atoms with van der Waals surface area (Å²) in [5.41, 5.74) is -0.269. The highest BCUT2D eigenvalue weighted by molar-refractivity contribution is 6.30. The van der Waals surface area contributed by atoms with E-state index >= 15 is 0 Å². The molecule has 0 fully saturated rings. The van der Waals surface area contributed by atoms with Crippen molar-refractivity contribution >= 4 is 17.7 Å². The zero-order valence-corrected chi connectivity index (χ0v) is 13.6. The van der Waals surface area contributed by atoms with Crippen LogP contribution < -0.4 is 4.74 Å². The zero-order chi connectivity index (χ0) is 16.2. The van der Waals surface area contributed by atoms with Crippen LogP contribution in [0.1, 0.15) is 20.8 Å². The van der Waals surface area contributed by atoms with E-state index < -0.39 is 12.2 Å². The Hall–Kier alpha value is -2.01. The lowest BCUT2D eigenvalue weighted by molar-refractivity contribution is 0.00210. The first-order valence-corrected chi connectivity index (χ1v) is 7.31. The molecule has 0 saturated carbocycles. The minimum atomic E-state index is -0.480. The molecular formula is C16H19ClN2O3. The number of ether oxygens (including phenoxy) is 2. The molecule has 1 aromatic heterocycles. The molecule has 0 N–H and O–H groups in total. The Morgan fingerprint density at radius 2 is 2.18 bits per heavy atom. The molecule has 0 amide bonds. The summed E-state index contributed by atoms with van der Waals surface area (Å²) in [7, 11) is 0. The molecule has 0 radical (unpaired) electrons. The number of imidazole rings is 1. The third-order valence-electron chi connectivity index (χ3n) is 3.12. The first-order valence-electron chi connectivity index (χ1n) is 6.93. The van der Waals surface area contributed by atoms with Crippen LogP contribution in [0.15, 0.2) is 43.0 Å². The number of carbonyl (C=O) groups excluding carboxylic acids is 1. The second-order valence-electron chi connectivity index (χ2n) is 5.98. The standard InChI is InChI=1S/C16H19ClN2O3/c1-16(2,3)14(22-15(20)19-8-7-18-11-19)10-21-13-6-4-5-12(17)9-13/h4-9,11,14H,10H2,1-3H3. The largest absolute Gasteiger partial charge is 0.490 e. The van der Waals surface area contributed by atoms with E-state index in [9.17, 15) is 4.79 Å². The topological polar surface area (TPSA) is 53.4 Å². The third kappa shape index (κ3) is 4.49. The maximum atomic E-state index is 12.1. The van der Waals surface area contributed by atoms with Crippen LogP contribution in [-0.4, -0.2) is 28.4 Å². The van der Waals surface area contributed by atoms with Gasteiger partial charge in [-0.15, -0.1) is 0 Å². The number of benzene rings is 1. The van der Waals surface area contributed by atoms with Gasteiger partial charge in [-0.25, -0.2) is 14.3 Å². The summed E-state index contributed by atoms with van der Waals surface area (Å²) in [4.78, 5) is 15.9. The number of hydrogen-bond donors (Lipinski definition) is 0. The quantitative estimate of drug-likeness (QED) is 0.853. The Bertz CT molecular complexity index is 621. The number of nitrogens with zero attached hydrogens (tertiary/aromatic N) is 2. The highest BCUT2D eigenvalue weighted by atomic mass is 35.5. The van der Waals surface area contributed by atoms with Crippen molar-refractivity contribution in [3.63, 3.8) is 0 Å². The van der Waals surface area contributed by atoms with E-state index in [4.69, 9.17) is 21.1 Å². The molecule has 0 aliphatic rings. The van der Waals surface area contributed by atoms with Gasteiger partial charge in [-0.2, -0.15) is 0 Å². The van der Waals surface area contributed by atoms with Crippen molar-refractivity contribution in [1.82, 2.24) is 9.55 Å². The van der Waals surface area contributed by atoms with Crippen molar-refractivity contribution in [3.05, 3.63) is 48.0 Å². The Kier molecular flexibility index (Phi) is 5.08. The molecule has 1 heterocycles. The molecule has 2 rings (SSSR count). The first-order chi connectivity index (χ1) is 10.4. The Morgan fingerprint density at radius 3 is 2.77 bits per heavy atom. The fourth-order valence-corrected chi connectivity index (χ4v) is 1.92. The van der Waals surface area contributed by atoms with Crippen molar-refractivity contribution in [3.8, 4) is 5.75 Å². The molecule has 2 aromatic rings. The highest BCUT2D eigenvalue weighted by Gasteiger charge is 2.29. The van der Waals surface area contributed by atoms with Crippen molar-refractivity contribution in [2.75, 3.05) is 6.61 Å². The van der Waals surface area contributed by atoms with E-state index in [2.05, 4.69) is 4.98 Å². The monoisotopic (exact) mass is 322 g/mol. The molecule has 0 aliphatic carbocycles. The molecular weight excluding hydrogens is 304 g/mol. The molecule has 6 heteroatoms. The lowest BCUT2D eigenvalue weighted by Crippen LogP contribution is -2.37. The predicted molar refractivity (Wildman–Crippen MR) is 84.3 cm³/mol. The van der Waals surface area contributed by atoms with Gasteiger partial charge >= 0.3 is 6.09 Å². The molecule has 118 valence electrons. The number of rotatable bonds is 4. The van der Waals surface area contributed by atoms with Crippen molar-refractivity contribution in [2.24, 2.45) is 5.41 Å². The summed E-state index contributed by atoms with van der Waals surface area (Å²) < 4.78 is 12.5. The Labute approximate surface area is 134 Å². The van der Waals surface area contributed by atoms with Crippen LogP contribution in [0.5, 0.6) is 5.75 Å². The maximum Gasteiger partial charge on any atom is 0.419 e. The van der Waals surface area contributed by atoms with Crippen molar-refractivity contribution in [2.45, 2.75) is 26.9 Å². The van der Waals surface area contributed by atoms with Crippen LogP contribution in [0.3, 0.4) is 0 Å². The average molecular weight is 323 g/mol. The van der Waals surface area contributed by atoms with E-state index in [1.807, 2.05) is 26.8 Å². The van der Waals surface area contributed by atoms with Gasteiger partial charge in [0.15, 0.2) is 0 Å². The minimum Gasteiger partial charge on any atom is -0.490 e. The van der Waals surface area contributed by atoms with Gasteiger partial charge in [0.25, 0.3) is 0 Å². The number of hydrogen-bond acceptors (Lipinski definition) is 4. The Balaban J connectivity index is 2.02. The third-order valence-corrected chi connectivity index (χ3v) is 3.36. The number of halogens is 1. The van der Waals surface area contributed by atoms with Crippen LogP contribution in [0.2, 0.25) is 5.02 Å². The van der Waals surface area contributed by atoms with Gasteiger partial charge in [-0.05, 0) is 18.2 Å².